The van der Waals surface area contributed by atoms with E-state index in [0.29, 0.717) is 25.0 Å². The van der Waals surface area contributed by atoms with Crippen molar-refractivity contribution in [2.45, 2.75) is 64.0 Å². The molecular formula is C20H29N3O8S. The SMILES string of the molecule is CC(=O)OCC1=C(C(=O)O)N2C(=O)[C@@H](NC(=O)CCCCNC(=O)OC(C)(C)C)C2SC1. The number of unbranched alkanes of at least 4 members (excludes halogenated alkanes) is 1. The summed E-state index contributed by atoms with van der Waals surface area (Å²) in [5, 5.41) is 14.3. The lowest BCUT2D eigenvalue weighted by Gasteiger charge is -2.49. The van der Waals surface area contributed by atoms with Crippen LogP contribution in [0.2, 0.25) is 0 Å². The number of β-lactam (4-membered cyclic amide) rings is 1. The number of nitrogens with zero attached hydrogens (tertiary/aromatic N) is 1. The van der Waals surface area contributed by atoms with Gasteiger partial charge in [0.05, 0.1) is 0 Å². The lowest BCUT2D eigenvalue weighted by molar-refractivity contribution is -0.151. The van der Waals surface area contributed by atoms with Gasteiger partial charge in [-0.2, -0.15) is 0 Å². The number of thioether (sulfide) groups is 1. The van der Waals surface area contributed by atoms with Crippen LogP contribution in [0.1, 0.15) is 47.0 Å². The summed E-state index contributed by atoms with van der Waals surface area (Å²) in [6.07, 6.45) is 0.695. The first-order chi connectivity index (χ1) is 14.9. The maximum absolute atomic E-state index is 12.5. The summed E-state index contributed by atoms with van der Waals surface area (Å²) in [5.41, 5.74) is -0.440. The van der Waals surface area contributed by atoms with Gasteiger partial charge in [-0.15, -0.1) is 11.8 Å². The predicted molar refractivity (Wildman–Crippen MR) is 114 cm³/mol. The van der Waals surface area contributed by atoms with E-state index < -0.39 is 41.0 Å². The minimum Gasteiger partial charge on any atom is -0.477 e. The molecule has 2 rings (SSSR count). The summed E-state index contributed by atoms with van der Waals surface area (Å²) in [7, 11) is 0. The zero-order valence-corrected chi connectivity index (χ0v) is 19.4. The molecular weight excluding hydrogens is 442 g/mol. The number of esters is 1. The van der Waals surface area contributed by atoms with Crippen LogP contribution < -0.4 is 10.6 Å². The number of carboxylic acids is 1. The number of alkyl carbamates (subject to hydrolysis) is 1. The fourth-order valence-corrected chi connectivity index (χ4v) is 4.47. The average molecular weight is 472 g/mol. The number of hydrogen-bond acceptors (Lipinski definition) is 8. The van der Waals surface area contributed by atoms with Crippen LogP contribution in [-0.2, 0) is 28.7 Å². The Bertz CT molecular complexity index is 820. The smallest absolute Gasteiger partial charge is 0.407 e. The highest BCUT2D eigenvalue weighted by Crippen LogP contribution is 2.40. The molecule has 0 bridgehead atoms. The minimum atomic E-state index is -1.28. The van der Waals surface area contributed by atoms with Gasteiger partial charge in [0.2, 0.25) is 5.91 Å². The fraction of sp³-hybridized carbons (Fsp3) is 0.650. The molecule has 0 aromatic heterocycles. The standard InChI is InChI=1S/C20H29N3O8S/c1-11(24)30-9-12-10-32-17-14(16(26)23(17)15(12)18(27)28)22-13(25)7-5-6-8-21-19(29)31-20(2,3)4/h14,17H,5-10H2,1-4H3,(H,21,29)(H,22,25)(H,27,28)/t14-,17?/m1/s1. The molecule has 2 aliphatic heterocycles. The number of aliphatic carboxylic acids is 1. The third-order valence-corrected chi connectivity index (χ3v) is 5.85. The maximum Gasteiger partial charge on any atom is 0.407 e. The zero-order valence-electron chi connectivity index (χ0n) is 18.6. The van der Waals surface area contributed by atoms with E-state index in [-0.39, 0.29) is 30.4 Å². The number of nitrogens with one attached hydrogen (secondary N) is 2. The summed E-state index contributed by atoms with van der Waals surface area (Å²) < 4.78 is 10.0. The third-order valence-electron chi connectivity index (χ3n) is 4.51. The Balaban J connectivity index is 1.79. The monoisotopic (exact) mass is 471 g/mol. The highest BCUT2D eigenvalue weighted by molar-refractivity contribution is 8.00. The molecule has 1 saturated heterocycles. The molecule has 0 spiro atoms. The van der Waals surface area contributed by atoms with Crippen molar-refractivity contribution in [2.75, 3.05) is 18.9 Å². The van der Waals surface area contributed by atoms with Crippen LogP contribution in [0, 0.1) is 0 Å². The number of amides is 3. The van der Waals surface area contributed by atoms with Gasteiger partial charge >= 0.3 is 18.0 Å². The molecule has 3 amide bonds. The Labute approximate surface area is 190 Å². The number of fused-ring (bicyclic) bond motifs is 1. The van der Waals surface area contributed by atoms with Crippen molar-refractivity contribution in [1.29, 1.82) is 0 Å². The van der Waals surface area contributed by atoms with Crippen LogP contribution in [0.3, 0.4) is 0 Å². The van der Waals surface area contributed by atoms with E-state index in [9.17, 15) is 29.1 Å². The Kier molecular flexibility index (Phi) is 8.53. The zero-order chi connectivity index (χ0) is 24.1. The van der Waals surface area contributed by atoms with Crippen molar-refractivity contribution in [1.82, 2.24) is 15.5 Å². The highest BCUT2D eigenvalue weighted by Gasteiger charge is 2.54. The number of carbonyl (C=O) groups is 5. The Morgan fingerprint density at radius 1 is 1.22 bits per heavy atom. The van der Waals surface area contributed by atoms with Gasteiger partial charge in [-0.3, -0.25) is 19.3 Å². The highest BCUT2D eigenvalue weighted by atomic mass is 32.2. The number of ether oxygens (including phenoxy) is 2. The molecule has 0 aliphatic carbocycles. The van der Waals surface area contributed by atoms with Crippen molar-refractivity contribution in [2.24, 2.45) is 0 Å². The van der Waals surface area contributed by atoms with Crippen molar-refractivity contribution in [3.8, 4) is 0 Å². The van der Waals surface area contributed by atoms with E-state index in [0.717, 1.165) is 4.90 Å². The van der Waals surface area contributed by atoms with Crippen molar-refractivity contribution >= 4 is 41.6 Å². The van der Waals surface area contributed by atoms with E-state index in [2.05, 4.69) is 10.6 Å². The Hall–Kier alpha value is -2.76. The van der Waals surface area contributed by atoms with Gasteiger partial charge in [0, 0.05) is 31.2 Å². The molecule has 2 heterocycles. The first-order valence-corrected chi connectivity index (χ1v) is 11.2. The first-order valence-electron chi connectivity index (χ1n) is 10.2. The summed E-state index contributed by atoms with van der Waals surface area (Å²) in [6, 6.07) is -0.808. The van der Waals surface area contributed by atoms with Gasteiger partial charge in [-0.1, -0.05) is 0 Å². The average Bonchev–Trinajstić information content (AvgIpc) is 2.67. The second-order valence-corrected chi connectivity index (χ2v) is 9.48. The van der Waals surface area contributed by atoms with E-state index in [1.807, 2.05) is 0 Å². The normalized spacial score (nSPS) is 20.1. The van der Waals surface area contributed by atoms with Gasteiger partial charge in [-0.25, -0.2) is 9.59 Å². The number of hydrogen-bond donors (Lipinski definition) is 3. The molecule has 0 aromatic carbocycles. The number of carbonyl (C=O) groups excluding carboxylic acids is 4. The molecule has 0 radical (unpaired) electrons. The largest absolute Gasteiger partial charge is 0.477 e. The predicted octanol–water partition coefficient (Wildman–Crippen LogP) is 0.983. The Morgan fingerprint density at radius 3 is 2.50 bits per heavy atom. The van der Waals surface area contributed by atoms with E-state index in [4.69, 9.17) is 9.47 Å². The molecule has 3 N–H and O–H groups in total. The van der Waals surface area contributed by atoms with Crippen molar-refractivity contribution in [3.63, 3.8) is 0 Å². The number of rotatable bonds is 9. The molecule has 12 heteroatoms. The second-order valence-electron chi connectivity index (χ2n) is 8.38. The topological polar surface area (TPSA) is 151 Å². The molecule has 0 saturated carbocycles. The number of carboxylic acid groups (broad SMARTS) is 1. The molecule has 1 fully saturated rings. The van der Waals surface area contributed by atoms with Crippen LogP contribution in [0.15, 0.2) is 11.3 Å². The fourth-order valence-electron chi connectivity index (χ4n) is 3.14. The van der Waals surface area contributed by atoms with Crippen molar-refractivity contribution in [3.05, 3.63) is 11.3 Å². The molecule has 2 atom stereocenters. The van der Waals surface area contributed by atoms with E-state index in [1.165, 1.54) is 18.7 Å². The quantitative estimate of drug-likeness (QED) is 0.254. The molecule has 178 valence electrons. The van der Waals surface area contributed by atoms with E-state index in [1.54, 1.807) is 20.8 Å². The summed E-state index contributed by atoms with van der Waals surface area (Å²) in [5.74, 6) is -2.40. The second kappa shape index (κ2) is 10.7. The van der Waals surface area contributed by atoms with Crippen LogP contribution in [-0.4, -0.2) is 75.8 Å². The molecule has 32 heavy (non-hydrogen) atoms. The van der Waals surface area contributed by atoms with Crippen LogP contribution in [0.4, 0.5) is 4.79 Å². The molecule has 2 aliphatic rings. The van der Waals surface area contributed by atoms with Gasteiger partial charge < -0.3 is 25.2 Å². The van der Waals surface area contributed by atoms with Gasteiger partial charge in [-0.05, 0) is 33.6 Å². The van der Waals surface area contributed by atoms with Crippen LogP contribution >= 0.6 is 11.8 Å². The third kappa shape index (κ3) is 6.87. The lowest BCUT2D eigenvalue weighted by atomic mass is 10.0. The van der Waals surface area contributed by atoms with Gasteiger partial charge in [0.15, 0.2) is 0 Å². The Morgan fingerprint density at radius 2 is 1.91 bits per heavy atom. The lowest BCUT2D eigenvalue weighted by Crippen LogP contribution is -2.70. The van der Waals surface area contributed by atoms with Gasteiger partial charge in [0.1, 0.15) is 29.3 Å². The van der Waals surface area contributed by atoms with E-state index >= 15 is 0 Å². The maximum atomic E-state index is 12.5. The van der Waals surface area contributed by atoms with Crippen LogP contribution in [0.5, 0.6) is 0 Å². The van der Waals surface area contributed by atoms with Crippen LogP contribution in [0.25, 0.3) is 0 Å². The minimum absolute atomic E-state index is 0.163. The summed E-state index contributed by atoms with van der Waals surface area (Å²) >= 11 is 1.30. The van der Waals surface area contributed by atoms with Crippen molar-refractivity contribution < 1.29 is 38.6 Å². The first kappa shape index (κ1) is 25.5. The van der Waals surface area contributed by atoms with Gasteiger partial charge in [0.25, 0.3) is 5.91 Å². The summed E-state index contributed by atoms with van der Waals surface area (Å²) in [6.45, 7) is 6.66. The molecule has 11 nitrogen and oxygen atoms in total. The molecule has 0 aromatic rings. The summed E-state index contributed by atoms with van der Waals surface area (Å²) in [4.78, 5) is 60.1. The molecule has 1 unspecified atom stereocenters.